The predicted octanol–water partition coefficient (Wildman–Crippen LogP) is -13.1. The summed E-state index contributed by atoms with van der Waals surface area (Å²) in [5.74, 6) is 5.39. The van der Waals surface area contributed by atoms with Gasteiger partial charge in [-0.05, 0) is 45.0 Å². The molecule has 0 saturated heterocycles. The lowest BCUT2D eigenvalue weighted by molar-refractivity contribution is 1.31. The maximum atomic E-state index is 5.13. The van der Waals surface area contributed by atoms with Gasteiger partial charge in [-0.15, -0.1) is 0 Å². The van der Waals surface area contributed by atoms with Gasteiger partial charge in [0, 0.05) is 44.5 Å². The summed E-state index contributed by atoms with van der Waals surface area (Å²) < 4.78 is 13.0. The van der Waals surface area contributed by atoms with Gasteiger partial charge >= 0.3 is 0 Å². The van der Waals surface area contributed by atoms with Crippen LogP contribution in [0.1, 0.15) is 0 Å². The van der Waals surface area contributed by atoms with Gasteiger partial charge in [0.25, 0.3) is 0 Å². The largest absolute Gasteiger partial charge is 0.362 e. The van der Waals surface area contributed by atoms with Crippen LogP contribution in [0.25, 0.3) is 91.1 Å². The molecule has 0 aliphatic carbocycles. The van der Waals surface area contributed by atoms with Gasteiger partial charge in [-0.2, -0.15) is 0 Å². The number of benzene rings is 4. The van der Waals surface area contributed by atoms with Crippen molar-refractivity contribution in [3.05, 3.63) is 72.8 Å². The molecule has 16 nitrogen and oxygen atoms in total. The second-order valence-corrected chi connectivity index (χ2v) is 31.8. The first kappa shape index (κ1) is 60.6. The minimum absolute atomic E-state index is 0.673. The number of aromatic amines is 8. The third-order valence-electron chi connectivity index (χ3n) is 13.7. The van der Waals surface area contributed by atoms with E-state index in [-0.39, 0.29) is 0 Å². The fraction of sp³-hybridized carbons (Fsp3) is 0. The molecule has 0 fully saturated rings. The molecular weight excluding hydrogens is 1260 g/mol. The Morgan fingerprint density at radius 3 is 0.420 bits per heavy atom. The Labute approximate surface area is 596 Å². The average molecular weight is 1280 g/mol. The SMILES string of the molecule is [Al][c]1nc(-c2cc(-c3n[c]([Al])[c]([Al])[nH]3)cc([Si](c3cc(-c4n[c]([Al])[c]([Al])[nH]4)cc(-c4n[c]([Al])[c]([Al])[nH]4)c3)(c3cc(-c4n[c]([Al])[c]([Al])[nH]4)cc(-c4n[c]([Al])[c]([Al])[nH]4)c3)c3cc(-c4n[c]([Al])[c]([Al])[nH]4)cc(-c4n[c]([Al])[c]([Al])[nH]4)c3)c2)[nH][c]1[Al]. The lowest BCUT2D eigenvalue weighted by atomic mass is 10.1. The van der Waals surface area contributed by atoms with E-state index in [2.05, 4.69) is 373 Å². The Balaban J connectivity index is 1.35. The quantitative estimate of drug-likeness (QED) is 0.0432. The molecule has 0 amide bonds. The standard InChI is InChI=1S/C48H20N16Si.16Al/c1-2-50-41(49-1)29-17-30(42-51-3-4-52-42)22-37(21-29)65(38-23-31(43-53-5-6-54-43)18-32(24-38)44-55-7-8-56-44,39-25-33(45-57-9-10-58-45)19-34(26-39)46-59-11-12-60-46)40-27-35(47-61-13-14-62-47)20-36(28-40)48-63-15-16-64-48;;;;;;;;;;;;;;;;/h17-28H,(H,49,50)(H,51,52)(H,53,54)(H,55,56)(H,57,58)(H,59,60)(H,61,62)(H,63,64);;;;;;;;;;;;;;;;. The van der Waals surface area contributed by atoms with Gasteiger partial charge in [0.1, 0.15) is 46.6 Å². The third kappa shape index (κ3) is 11.9. The topological polar surface area (TPSA) is 229 Å². The van der Waals surface area contributed by atoms with E-state index in [1.54, 1.807) is 0 Å². The van der Waals surface area contributed by atoms with Crippen molar-refractivity contribution in [1.82, 2.24) is 79.7 Å². The van der Waals surface area contributed by atoms with Crippen LogP contribution in [-0.4, -0.2) is 348 Å². The Kier molecular flexibility index (Phi) is 18.2. The van der Waals surface area contributed by atoms with Gasteiger partial charge in [0.15, 0.2) is 8.07 Å². The summed E-state index contributed by atoms with van der Waals surface area (Å²) >= 11 is 44.5. The molecule has 344 valence electrons. The van der Waals surface area contributed by atoms with Crippen LogP contribution in [0.4, 0.5) is 0 Å². The molecule has 0 spiro atoms. The van der Waals surface area contributed by atoms with Crippen LogP contribution in [0.3, 0.4) is 0 Å². The number of imidazole rings is 8. The summed E-state index contributed by atoms with van der Waals surface area (Å²) in [4.78, 5) is 69.8. The van der Waals surface area contributed by atoms with Crippen LogP contribution in [-0.2, 0) is 0 Å². The molecule has 0 unspecified atom stereocenters. The zero-order chi connectivity index (χ0) is 57.1. The highest BCUT2D eigenvalue weighted by molar-refractivity contribution is 7.20. The first-order valence-corrected chi connectivity index (χ1v) is 35.4. The lowest BCUT2D eigenvalue weighted by Crippen LogP contribution is -2.75. The number of hydrogen-bond acceptors (Lipinski definition) is 8. The van der Waals surface area contributed by atoms with Gasteiger partial charge in [-0.25, -0.2) is 0 Å². The maximum absolute atomic E-state index is 5.13. The molecule has 0 bridgehead atoms. The van der Waals surface area contributed by atoms with Crippen molar-refractivity contribution in [3.8, 4) is 91.1 Å². The van der Waals surface area contributed by atoms with Gasteiger partial charge < -0.3 is 39.9 Å². The minimum Gasteiger partial charge on any atom is -0.362 e. The zero-order valence-electron chi connectivity index (χ0n) is 42.2. The van der Waals surface area contributed by atoms with Crippen molar-refractivity contribution in [1.29, 1.82) is 0 Å². The molecular formula is C48H20Al16N16Si. The smallest absolute Gasteiger partial charge is 0.210 e. The van der Waals surface area contributed by atoms with Crippen molar-refractivity contribution in [2.24, 2.45) is 0 Å². The summed E-state index contributed by atoms with van der Waals surface area (Å²) in [6.45, 7) is 0. The van der Waals surface area contributed by atoms with Crippen molar-refractivity contribution in [2.75, 3.05) is 0 Å². The van der Waals surface area contributed by atoms with Crippen LogP contribution in [0.5, 0.6) is 0 Å². The van der Waals surface area contributed by atoms with Crippen LogP contribution in [0.15, 0.2) is 72.8 Å². The molecule has 32 radical (unpaired) electrons. The number of nitrogens with one attached hydrogen (secondary N) is 8. The van der Waals surface area contributed by atoms with Crippen molar-refractivity contribution < 1.29 is 0 Å². The number of aromatic nitrogens is 16. The van der Waals surface area contributed by atoms with E-state index >= 15 is 0 Å². The molecule has 12 rings (SSSR count). The van der Waals surface area contributed by atoms with E-state index in [0.29, 0.717) is 46.6 Å². The van der Waals surface area contributed by atoms with Crippen molar-refractivity contribution in [3.63, 3.8) is 0 Å². The molecule has 0 aliphatic heterocycles. The number of rotatable bonds is 12. The highest BCUT2D eigenvalue weighted by atomic mass is 28.3. The van der Waals surface area contributed by atoms with Crippen molar-refractivity contribution in [2.45, 2.75) is 0 Å². The molecule has 8 aromatic heterocycles. The minimum atomic E-state index is -4.09. The van der Waals surface area contributed by atoms with E-state index in [0.717, 1.165) is 138 Å². The Hall–Kier alpha value is -0.704. The second-order valence-electron chi connectivity index (χ2n) is 19.0. The van der Waals surface area contributed by atoms with Crippen molar-refractivity contribution >= 4 is 362 Å². The second kappa shape index (κ2) is 24.3. The Morgan fingerprint density at radius 1 is 0.198 bits per heavy atom. The van der Waals surface area contributed by atoms with Crippen LogP contribution in [0.2, 0.25) is 0 Å². The Morgan fingerprint density at radius 2 is 0.321 bits per heavy atom. The third-order valence-corrected chi connectivity index (χ3v) is 28.1. The molecule has 4 aromatic carbocycles. The molecule has 0 atom stereocenters. The van der Waals surface area contributed by atoms with Gasteiger partial charge in [-0.3, -0.25) is 39.9 Å². The van der Waals surface area contributed by atoms with Crippen LogP contribution in [0, 0.1) is 0 Å². The van der Waals surface area contributed by atoms with E-state index in [4.69, 9.17) is 39.9 Å². The number of hydrogen-bond donors (Lipinski definition) is 8. The molecule has 8 N–H and O–H groups in total. The van der Waals surface area contributed by atoms with E-state index in [9.17, 15) is 0 Å². The molecule has 0 aliphatic rings. The average Bonchev–Trinajstić information content (AvgIpc) is 4.43. The fourth-order valence-electron chi connectivity index (χ4n) is 9.77. The number of H-pyrrole nitrogens is 8. The van der Waals surface area contributed by atoms with Crippen LogP contribution < -0.4 is 93.6 Å². The highest BCUT2D eigenvalue weighted by Crippen LogP contribution is 2.31. The molecule has 12 aromatic rings. The van der Waals surface area contributed by atoms with Gasteiger partial charge in [-0.1, -0.05) is 121 Å². The fourth-order valence-corrected chi connectivity index (χ4v) is 18.0. The monoisotopic (exact) mass is 1280 g/mol. The molecule has 33 heteroatoms. The van der Waals surface area contributed by atoms with E-state index < -0.39 is 8.07 Å². The maximum Gasteiger partial charge on any atom is 0.210 e. The summed E-state index contributed by atoms with van der Waals surface area (Å²) in [6.07, 6.45) is 0. The zero-order valence-corrected chi connectivity index (χ0v) is 61.7. The molecule has 0 saturated carbocycles. The molecule has 8 heterocycles. The van der Waals surface area contributed by atoms with Crippen LogP contribution >= 0.6 is 0 Å². The molecule has 81 heavy (non-hydrogen) atoms. The van der Waals surface area contributed by atoms with Gasteiger partial charge in [0.05, 0.1) is 0 Å². The predicted molar refractivity (Wildman–Crippen MR) is 337 cm³/mol. The van der Waals surface area contributed by atoms with Gasteiger partial charge in [0.2, 0.25) is 261 Å². The summed E-state index contributed by atoms with van der Waals surface area (Å²) in [5.41, 5.74) is 6.67. The first-order chi connectivity index (χ1) is 38.6. The summed E-state index contributed by atoms with van der Waals surface area (Å²) in [5, 5.41) is 3.91. The summed E-state index contributed by atoms with van der Waals surface area (Å²) in [7, 11) is -4.09. The Bertz CT molecular complexity index is 3530. The first-order valence-electron chi connectivity index (χ1n) is 24.1. The summed E-state index contributed by atoms with van der Waals surface area (Å²) in [6, 6.07) is 26.9. The van der Waals surface area contributed by atoms with E-state index in [1.165, 1.54) is 0 Å². The highest BCUT2D eigenvalue weighted by Gasteiger charge is 2.45. The lowest BCUT2D eigenvalue weighted by Gasteiger charge is -2.36. The number of nitrogens with zero attached hydrogens (tertiary/aromatic N) is 8. The normalized spacial score (nSPS) is 11.8. The van der Waals surface area contributed by atoms with E-state index in [1.807, 2.05) is 0 Å².